The Morgan fingerprint density at radius 3 is 2.67 bits per heavy atom. The fourth-order valence-corrected chi connectivity index (χ4v) is 3.78. The van der Waals surface area contributed by atoms with Crippen molar-refractivity contribution in [3.63, 3.8) is 0 Å². The first-order chi connectivity index (χ1) is 15.8. The van der Waals surface area contributed by atoms with Crippen molar-refractivity contribution in [1.29, 1.82) is 0 Å². The molecule has 1 saturated heterocycles. The highest BCUT2D eigenvalue weighted by molar-refractivity contribution is 6.02. The highest BCUT2D eigenvalue weighted by atomic mass is 16.6. The number of para-hydroxylation sites is 2. The Bertz CT molecular complexity index is 1320. The molecule has 10 nitrogen and oxygen atoms in total. The van der Waals surface area contributed by atoms with Crippen LogP contribution in [0.5, 0.6) is 0 Å². The van der Waals surface area contributed by atoms with Crippen molar-refractivity contribution in [3.05, 3.63) is 91.9 Å². The summed E-state index contributed by atoms with van der Waals surface area (Å²) in [5, 5.41) is 18.2. The van der Waals surface area contributed by atoms with E-state index in [0.717, 1.165) is 12.0 Å². The quantitative estimate of drug-likeness (QED) is 0.457. The van der Waals surface area contributed by atoms with Crippen LogP contribution in [-0.2, 0) is 11.3 Å². The number of hydrogen-bond donors (Lipinski definition) is 1. The van der Waals surface area contributed by atoms with Gasteiger partial charge in [-0.2, -0.15) is 5.10 Å². The molecule has 2 aromatic carbocycles. The predicted molar refractivity (Wildman–Crippen MR) is 120 cm³/mol. The minimum Gasteiger partial charge on any atom is -0.338 e. The summed E-state index contributed by atoms with van der Waals surface area (Å²) in [4.78, 5) is 49.9. The van der Waals surface area contributed by atoms with Gasteiger partial charge >= 0.3 is 0 Å². The molecule has 1 aliphatic heterocycles. The average Bonchev–Trinajstić information content (AvgIpc) is 3.18. The van der Waals surface area contributed by atoms with E-state index in [0.29, 0.717) is 30.9 Å². The van der Waals surface area contributed by atoms with Gasteiger partial charge in [-0.05, 0) is 37.1 Å². The number of aryl methyl sites for hydroxylation is 1. The summed E-state index contributed by atoms with van der Waals surface area (Å²) in [5.41, 5.74) is 0.597. The van der Waals surface area contributed by atoms with Gasteiger partial charge in [0.25, 0.3) is 11.6 Å². The number of carbonyl (C=O) groups is 2. The van der Waals surface area contributed by atoms with Crippen molar-refractivity contribution in [3.8, 4) is 5.69 Å². The lowest BCUT2D eigenvalue weighted by molar-refractivity contribution is -0.384. The molecule has 168 valence electrons. The van der Waals surface area contributed by atoms with Gasteiger partial charge in [-0.3, -0.25) is 24.5 Å². The maximum absolute atomic E-state index is 12.9. The molecule has 0 bridgehead atoms. The molecule has 33 heavy (non-hydrogen) atoms. The number of benzene rings is 2. The zero-order valence-electron chi connectivity index (χ0n) is 17.9. The Morgan fingerprint density at radius 2 is 1.94 bits per heavy atom. The molecule has 2 amide bonds. The molecule has 1 aromatic heterocycles. The van der Waals surface area contributed by atoms with Crippen LogP contribution in [-0.4, -0.2) is 38.0 Å². The van der Waals surface area contributed by atoms with Gasteiger partial charge in [0.05, 0.1) is 4.92 Å². The minimum atomic E-state index is -0.735. The van der Waals surface area contributed by atoms with Crippen molar-refractivity contribution in [2.75, 3.05) is 11.9 Å². The van der Waals surface area contributed by atoms with Crippen LogP contribution in [0.3, 0.4) is 0 Å². The standard InChI is InChI=1S/C23H21N5O5/c1-15-12-20(29)22(25-27(15)18-8-2-3-9-19(18)28(32)33)23(31)24-17-7-4-6-16(13-17)14-26-11-5-10-21(26)30/h2-4,6-9,12-13H,5,10-11,14H2,1H3,(H,24,31). The molecule has 0 atom stereocenters. The van der Waals surface area contributed by atoms with E-state index in [1.165, 1.54) is 28.9 Å². The molecule has 1 fully saturated rings. The smallest absolute Gasteiger partial charge is 0.294 e. The molecule has 0 radical (unpaired) electrons. The van der Waals surface area contributed by atoms with Gasteiger partial charge < -0.3 is 10.2 Å². The Kier molecular flexibility index (Phi) is 5.99. The second-order valence-electron chi connectivity index (χ2n) is 7.73. The summed E-state index contributed by atoms with van der Waals surface area (Å²) in [6.45, 7) is 2.72. The SMILES string of the molecule is Cc1cc(=O)c(C(=O)Nc2cccc(CN3CCCC3=O)c2)nn1-c1ccccc1[N+](=O)[O-]. The number of likely N-dealkylation sites (tertiary alicyclic amines) is 1. The number of nitrogens with one attached hydrogen (secondary N) is 1. The van der Waals surface area contributed by atoms with Crippen LogP contribution in [0.15, 0.2) is 59.4 Å². The second-order valence-corrected chi connectivity index (χ2v) is 7.73. The first kappa shape index (κ1) is 21.9. The summed E-state index contributed by atoms with van der Waals surface area (Å²) in [7, 11) is 0. The molecular formula is C23H21N5O5. The molecule has 2 heterocycles. The zero-order chi connectivity index (χ0) is 23.5. The van der Waals surface area contributed by atoms with Crippen LogP contribution in [0, 0.1) is 17.0 Å². The van der Waals surface area contributed by atoms with Gasteiger partial charge in [-0.1, -0.05) is 24.3 Å². The minimum absolute atomic E-state index is 0.101. The van der Waals surface area contributed by atoms with Crippen molar-refractivity contribution in [1.82, 2.24) is 14.7 Å². The molecule has 0 aliphatic carbocycles. The topological polar surface area (TPSA) is 127 Å². The van der Waals surface area contributed by atoms with E-state index in [9.17, 15) is 24.5 Å². The van der Waals surface area contributed by atoms with Crippen LogP contribution >= 0.6 is 0 Å². The fraction of sp³-hybridized carbons (Fsp3) is 0.217. The molecule has 1 N–H and O–H groups in total. The molecule has 0 saturated carbocycles. The van der Waals surface area contributed by atoms with Gasteiger partial charge in [-0.25, -0.2) is 4.68 Å². The Hall–Kier alpha value is -4.34. The van der Waals surface area contributed by atoms with Crippen LogP contribution in [0.2, 0.25) is 0 Å². The Labute approximate surface area is 188 Å². The van der Waals surface area contributed by atoms with E-state index in [-0.39, 0.29) is 23.0 Å². The predicted octanol–water partition coefficient (Wildman–Crippen LogP) is 2.82. The normalized spacial score (nSPS) is 13.2. The number of nitro groups is 1. The number of nitrogens with zero attached hydrogens (tertiary/aromatic N) is 4. The monoisotopic (exact) mass is 447 g/mol. The third-order valence-electron chi connectivity index (χ3n) is 5.36. The largest absolute Gasteiger partial charge is 0.338 e. The summed E-state index contributed by atoms with van der Waals surface area (Å²) in [6, 6.07) is 14.2. The van der Waals surface area contributed by atoms with E-state index in [1.807, 2.05) is 6.07 Å². The number of nitro benzene ring substituents is 1. The van der Waals surface area contributed by atoms with Crippen molar-refractivity contribution >= 4 is 23.2 Å². The summed E-state index contributed by atoms with van der Waals surface area (Å²) in [5.74, 6) is -0.634. The maximum Gasteiger partial charge on any atom is 0.294 e. The number of aromatic nitrogens is 2. The lowest BCUT2D eigenvalue weighted by Crippen LogP contribution is -2.27. The van der Waals surface area contributed by atoms with Gasteiger partial charge in [0, 0.05) is 43.0 Å². The van der Waals surface area contributed by atoms with Crippen molar-refractivity contribution < 1.29 is 14.5 Å². The fourth-order valence-electron chi connectivity index (χ4n) is 3.78. The van der Waals surface area contributed by atoms with Gasteiger partial charge in [0.1, 0.15) is 5.69 Å². The highest BCUT2D eigenvalue weighted by Crippen LogP contribution is 2.22. The van der Waals surface area contributed by atoms with Gasteiger partial charge in [0.15, 0.2) is 5.69 Å². The first-order valence-electron chi connectivity index (χ1n) is 10.4. The summed E-state index contributed by atoms with van der Waals surface area (Å²) in [6.07, 6.45) is 1.38. The van der Waals surface area contributed by atoms with Crippen LogP contribution in [0.25, 0.3) is 5.69 Å². The molecule has 3 aromatic rings. The lowest BCUT2D eigenvalue weighted by atomic mass is 10.2. The zero-order valence-corrected chi connectivity index (χ0v) is 17.9. The Morgan fingerprint density at radius 1 is 1.15 bits per heavy atom. The number of hydrogen-bond acceptors (Lipinski definition) is 6. The number of amides is 2. The molecular weight excluding hydrogens is 426 g/mol. The number of carbonyl (C=O) groups excluding carboxylic acids is 2. The van der Waals surface area contributed by atoms with Crippen molar-refractivity contribution in [2.24, 2.45) is 0 Å². The van der Waals surface area contributed by atoms with E-state index >= 15 is 0 Å². The number of rotatable bonds is 6. The molecule has 0 spiro atoms. The van der Waals surface area contributed by atoms with Gasteiger partial charge in [-0.15, -0.1) is 0 Å². The molecule has 4 rings (SSSR count). The summed E-state index contributed by atoms with van der Waals surface area (Å²) >= 11 is 0. The molecule has 1 aliphatic rings. The van der Waals surface area contributed by atoms with E-state index < -0.39 is 16.3 Å². The highest BCUT2D eigenvalue weighted by Gasteiger charge is 2.22. The van der Waals surface area contributed by atoms with E-state index in [1.54, 1.807) is 36.1 Å². The molecule has 0 unspecified atom stereocenters. The second kappa shape index (κ2) is 9.03. The summed E-state index contributed by atoms with van der Waals surface area (Å²) < 4.78 is 1.21. The maximum atomic E-state index is 12.9. The lowest BCUT2D eigenvalue weighted by Gasteiger charge is -2.16. The van der Waals surface area contributed by atoms with Crippen LogP contribution < -0.4 is 10.7 Å². The molecule has 10 heteroatoms. The number of anilines is 1. The van der Waals surface area contributed by atoms with Gasteiger partial charge in [0.2, 0.25) is 11.3 Å². The third kappa shape index (κ3) is 4.64. The van der Waals surface area contributed by atoms with Crippen LogP contribution in [0.4, 0.5) is 11.4 Å². The third-order valence-corrected chi connectivity index (χ3v) is 5.36. The average molecular weight is 447 g/mol. The Balaban J connectivity index is 1.61. The van der Waals surface area contributed by atoms with E-state index in [2.05, 4.69) is 10.4 Å². The van der Waals surface area contributed by atoms with Crippen molar-refractivity contribution in [2.45, 2.75) is 26.3 Å². The van der Waals surface area contributed by atoms with Crippen LogP contribution in [0.1, 0.15) is 34.6 Å². The van der Waals surface area contributed by atoms with E-state index in [4.69, 9.17) is 0 Å². The first-order valence-corrected chi connectivity index (χ1v) is 10.4.